The number of phenols is 2. The van der Waals surface area contributed by atoms with Crippen molar-refractivity contribution >= 4 is 11.7 Å². The predicted molar refractivity (Wildman–Crippen MR) is 128 cm³/mol. The Bertz CT molecular complexity index is 1020. The molecule has 6 nitrogen and oxygen atoms in total. The fourth-order valence-corrected chi connectivity index (χ4v) is 3.54. The maximum absolute atomic E-state index is 13.1. The van der Waals surface area contributed by atoms with E-state index in [9.17, 15) is 15.0 Å². The van der Waals surface area contributed by atoms with Gasteiger partial charge in [-0.1, -0.05) is 67.6 Å². The molecule has 33 heavy (non-hydrogen) atoms. The molecule has 0 unspecified atom stereocenters. The number of nitrogens with zero attached hydrogens (tertiary/aromatic N) is 1. The maximum atomic E-state index is 13.1. The summed E-state index contributed by atoms with van der Waals surface area (Å²) in [6.45, 7) is 4.28. The fourth-order valence-electron chi connectivity index (χ4n) is 3.54. The minimum atomic E-state index is -0.625. The highest BCUT2D eigenvalue weighted by Gasteiger charge is 2.24. The van der Waals surface area contributed by atoms with Crippen LogP contribution in [-0.4, -0.2) is 28.0 Å². The normalized spacial score (nSPS) is 20.5. The summed E-state index contributed by atoms with van der Waals surface area (Å²) in [4.78, 5) is 18.6. The van der Waals surface area contributed by atoms with E-state index in [1.807, 2.05) is 62.4 Å². The molecule has 0 amide bonds. The van der Waals surface area contributed by atoms with Crippen molar-refractivity contribution in [2.75, 3.05) is 0 Å². The molecule has 0 aliphatic carbocycles. The van der Waals surface area contributed by atoms with Crippen LogP contribution >= 0.6 is 0 Å². The molecule has 1 atom stereocenters. The molecule has 2 aromatic rings. The quantitative estimate of drug-likeness (QED) is 0.356. The van der Waals surface area contributed by atoms with Gasteiger partial charge in [0.2, 0.25) is 0 Å². The molecule has 0 radical (unpaired) electrons. The summed E-state index contributed by atoms with van der Waals surface area (Å²) in [5, 5.41) is 24.8. The second-order valence-electron chi connectivity index (χ2n) is 8.39. The van der Waals surface area contributed by atoms with E-state index in [2.05, 4.69) is 11.2 Å². The Morgan fingerprint density at radius 1 is 1.09 bits per heavy atom. The van der Waals surface area contributed by atoms with Crippen molar-refractivity contribution in [1.29, 1.82) is 0 Å². The van der Waals surface area contributed by atoms with Gasteiger partial charge in [-0.05, 0) is 42.0 Å². The van der Waals surface area contributed by atoms with E-state index < -0.39 is 5.97 Å². The highest BCUT2D eigenvalue weighted by molar-refractivity contribution is 6.00. The first-order chi connectivity index (χ1) is 15.9. The number of cyclic esters (lactones) is 1. The van der Waals surface area contributed by atoms with E-state index in [4.69, 9.17) is 9.57 Å². The van der Waals surface area contributed by atoms with E-state index in [0.717, 1.165) is 24.5 Å². The molecular formula is C27H31NO5. The Morgan fingerprint density at radius 3 is 2.61 bits per heavy atom. The van der Waals surface area contributed by atoms with Crippen LogP contribution in [0, 0.1) is 5.92 Å². The minimum Gasteiger partial charge on any atom is -0.508 e. The van der Waals surface area contributed by atoms with Crippen molar-refractivity contribution in [3.8, 4) is 11.5 Å². The van der Waals surface area contributed by atoms with E-state index in [1.54, 1.807) is 0 Å². The highest BCUT2D eigenvalue weighted by Crippen LogP contribution is 2.30. The summed E-state index contributed by atoms with van der Waals surface area (Å²) in [6.07, 6.45) is 10.1. The van der Waals surface area contributed by atoms with Crippen molar-refractivity contribution in [3.05, 3.63) is 83.5 Å². The lowest BCUT2D eigenvalue weighted by Crippen LogP contribution is -2.24. The molecule has 6 heteroatoms. The molecule has 0 fully saturated rings. The van der Waals surface area contributed by atoms with Crippen LogP contribution in [0.15, 0.2) is 71.9 Å². The smallest absolute Gasteiger partial charge is 0.342 e. The van der Waals surface area contributed by atoms with Gasteiger partial charge in [-0.3, -0.25) is 0 Å². The Morgan fingerprint density at radius 2 is 1.85 bits per heavy atom. The van der Waals surface area contributed by atoms with Gasteiger partial charge >= 0.3 is 5.97 Å². The molecule has 0 saturated carbocycles. The van der Waals surface area contributed by atoms with Crippen molar-refractivity contribution < 1.29 is 24.6 Å². The third kappa shape index (κ3) is 7.24. The van der Waals surface area contributed by atoms with Crippen LogP contribution in [0.1, 0.15) is 54.6 Å². The molecule has 2 N–H and O–H groups in total. The van der Waals surface area contributed by atoms with Gasteiger partial charge in [-0.25, -0.2) is 4.79 Å². The van der Waals surface area contributed by atoms with E-state index in [0.29, 0.717) is 24.3 Å². The molecule has 1 aliphatic rings. The van der Waals surface area contributed by atoms with Crippen molar-refractivity contribution in [2.24, 2.45) is 11.1 Å². The number of oxime groups is 1. The summed E-state index contributed by atoms with van der Waals surface area (Å²) in [5.41, 5.74) is 1.99. The number of hydrogen-bond donors (Lipinski definition) is 2. The number of benzene rings is 2. The van der Waals surface area contributed by atoms with Gasteiger partial charge in [0.1, 0.15) is 29.8 Å². The van der Waals surface area contributed by atoms with Crippen LogP contribution in [-0.2, 0) is 22.6 Å². The lowest BCUT2D eigenvalue weighted by Gasteiger charge is -2.21. The lowest BCUT2D eigenvalue weighted by atomic mass is 9.98. The molecular weight excluding hydrogens is 418 g/mol. The summed E-state index contributed by atoms with van der Waals surface area (Å²) in [7, 11) is 0. The zero-order valence-electron chi connectivity index (χ0n) is 19.1. The van der Waals surface area contributed by atoms with Gasteiger partial charge in [0, 0.05) is 18.9 Å². The number of fused-ring (bicyclic) bond motifs is 1. The topological polar surface area (TPSA) is 88.4 Å². The first kappa shape index (κ1) is 24.1. The number of carbonyl (C=O) groups is 1. The summed E-state index contributed by atoms with van der Waals surface area (Å²) >= 11 is 0. The molecule has 1 heterocycles. The van der Waals surface area contributed by atoms with Crippen LogP contribution in [0.25, 0.3) is 0 Å². The van der Waals surface area contributed by atoms with Gasteiger partial charge in [-0.15, -0.1) is 0 Å². The first-order valence-electron chi connectivity index (χ1n) is 11.2. The number of hydrogen-bond acceptors (Lipinski definition) is 6. The first-order valence-corrected chi connectivity index (χ1v) is 11.2. The van der Waals surface area contributed by atoms with Crippen molar-refractivity contribution in [1.82, 2.24) is 0 Å². The van der Waals surface area contributed by atoms with Gasteiger partial charge < -0.3 is 19.8 Å². The number of allylic oxidation sites excluding steroid dienone is 3. The number of rotatable bonds is 4. The predicted octanol–water partition coefficient (Wildman–Crippen LogP) is 5.69. The third-order valence-corrected chi connectivity index (χ3v) is 5.36. The molecule has 1 aliphatic heterocycles. The number of aromatic hydroxyl groups is 2. The Balaban J connectivity index is 1.93. The standard InChI is InChI=1S/C27H31NO5/c1-19(2)25-14-10-5-3-4-9-13-22(28-32-18-20-11-7-6-8-12-20)15-21-16-23(29)17-24(30)26(21)27(31)33-25/h5-13,16-17,19,25,29-30H,3-4,14-15,18H2,1-2H3/b10-5+,13-9+,28-22?/t25-/m0/s1. The Kier molecular flexibility index (Phi) is 8.70. The number of ether oxygens (including phenoxy) is 1. The Hall–Kier alpha value is -3.54. The van der Waals surface area contributed by atoms with Crippen molar-refractivity contribution in [2.45, 2.75) is 52.2 Å². The van der Waals surface area contributed by atoms with E-state index >= 15 is 0 Å². The minimum absolute atomic E-state index is 0.0312. The van der Waals surface area contributed by atoms with Gasteiger partial charge in [0.25, 0.3) is 0 Å². The fraction of sp³-hybridized carbons (Fsp3) is 0.333. The van der Waals surface area contributed by atoms with Crippen molar-refractivity contribution in [3.63, 3.8) is 0 Å². The summed E-state index contributed by atoms with van der Waals surface area (Å²) in [6, 6.07) is 12.3. The van der Waals surface area contributed by atoms with Crippen LogP contribution < -0.4 is 0 Å². The third-order valence-electron chi connectivity index (χ3n) is 5.36. The van der Waals surface area contributed by atoms with E-state index in [-0.39, 0.29) is 35.5 Å². The summed E-state index contributed by atoms with van der Waals surface area (Å²) in [5.74, 6) is -0.983. The summed E-state index contributed by atoms with van der Waals surface area (Å²) < 4.78 is 5.76. The maximum Gasteiger partial charge on any atom is 0.342 e. The molecule has 2 aromatic carbocycles. The molecule has 0 saturated heterocycles. The molecule has 174 valence electrons. The Labute approximate surface area is 194 Å². The molecule has 0 bridgehead atoms. The number of phenolic OH excluding ortho intramolecular Hbond substituents is 2. The molecule has 0 spiro atoms. The van der Waals surface area contributed by atoms with Crippen LogP contribution in [0.4, 0.5) is 0 Å². The average molecular weight is 450 g/mol. The molecule has 0 aromatic heterocycles. The number of carbonyl (C=O) groups excluding carboxylic acids is 1. The van der Waals surface area contributed by atoms with Gasteiger partial charge in [0.05, 0.1) is 5.71 Å². The number of esters is 1. The largest absolute Gasteiger partial charge is 0.508 e. The lowest BCUT2D eigenvalue weighted by molar-refractivity contribution is 0.0189. The highest BCUT2D eigenvalue weighted by atomic mass is 16.6. The van der Waals surface area contributed by atoms with Crippen LogP contribution in [0.5, 0.6) is 11.5 Å². The second kappa shape index (κ2) is 11.9. The zero-order valence-corrected chi connectivity index (χ0v) is 19.1. The SMILES string of the molecule is CC(C)[C@@H]1C/C=C/CC/C=C/C(=NOCc2ccccc2)Cc2cc(O)cc(O)c2C(=O)O1. The van der Waals surface area contributed by atoms with Crippen LogP contribution in [0.2, 0.25) is 0 Å². The average Bonchev–Trinajstić information content (AvgIpc) is 2.77. The van der Waals surface area contributed by atoms with Gasteiger partial charge in [-0.2, -0.15) is 0 Å². The molecule has 3 rings (SSSR count). The van der Waals surface area contributed by atoms with E-state index in [1.165, 1.54) is 6.07 Å². The monoisotopic (exact) mass is 449 g/mol. The zero-order chi connectivity index (χ0) is 23.6. The van der Waals surface area contributed by atoms with Gasteiger partial charge in [0.15, 0.2) is 0 Å². The second-order valence-corrected chi connectivity index (χ2v) is 8.39. The van der Waals surface area contributed by atoms with Crippen LogP contribution in [0.3, 0.4) is 0 Å².